The van der Waals surface area contributed by atoms with Crippen molar-refractivity contribution in [3.05, 3.63) is 52.8 Å². The number of nitrogens with zero attached hydrogens (tertiary/aromatic N) is 2. The molecule has 2 atom stereocenters. The first kappa shape index (κ1) is 19.7. The van der Waals surface area contributed by atoms with Gasteiger partial charge in [-0.1, -0.05) is 23.4 Å². The lowest BCUT2D eigenvalue weighted by Gasteiger charge is -2.24. The van der Waals surface area contributed by atoms with Gasteiger partial charge in [-0.3, -0.25) is 4.79 Å². The molecule has 2 fully saturated rings. The zero-order chi connectivity index (χ0) is 21.0. The molecule has 2 aromatic rings. The molecule has 30 heavy (non-hydrogen) atoms. The first-order valence-electron chi connectivity index (χ1n) is 8.95. The van der Waals surface area contributed by atoms with Crippen molar-refractivity contribution in [2.75, 3.05) is 23.2 Å². The van der Waals surface area contributed by atoms with Crippen LogP contribution < -0.4 is 14.4 Å². The number of sulfone groups is 1. The standard InChI is InChI=1S/C19H14ClFN2O5S2/c20-12-6-11(2-3-13(12)21)23-14-7-30(25,26)8-17(14)29-19(23)22-18(24)10-1-4-15-16(5-10)28-9-27-15/h1-6,14,17H,7-9H2. The number of carbonyl (C=O) groups excluding carboxylic acids is 1. The Balaban J connectivity index is 1.52. The third-order valence-electron chi connectivity index (χ3n) is 5.06. The van der Waals surface area contributed by atoms with Crippen LogP contribution in [0.3, 0.4) is 0 Å². The molecule has 2 aromatic carbocycles. The first-order chi connectivity index (χ1) is 14.3. The summed E-state index contributed by atoms with van der Waals surface area (Å²) in [5.41, 5.74) is 0.796. The molecule has 0 spiro atoms. The van der Waals surface area contributed by atoms with E-state index in [-0.39, 0.29) is 28.6 Å². The second-order valence-corrected chi connectivity index (χ2v) is 10.8. The number of amidine groups is 1. The van der Waals surface area contributed by atoms with Crippen LogP contribution in [0.15, 0.2) is 41.4 Å². The van der Waals surface area contributed by atoms with Crippen molar-refractivity contribution in [1.82, 2.24) is 0 Å². The van der Waals surface area contributed by atoms with Crippen molar-refractivity contribution in [2.45, 2.75) is 11.3 Å². The average Bonchev–Trinajstić information content (AvgIpc) is 3.35. The predicted molar refractivity (Wildman–Crippen MR) is 112 cm³/mol. The van der Waals surface area contributed by atoms with E-state index in [9.17, 15) is 17.6 Å². The molecule has 156 valence electrons. The second-order valence-electron chi connectivity index (χ2n) is 7.04. The molecule has 0 bridgehead atoms. The molecular weight excluding hydrogens is 455 g/mol. The van der Waals surface area contributed by atoms with Gasteiger partial charge in [-0.05, 0) is 36.4 Å². The zero-order valence-electron chi connectivity index (χ0n) is 15.2. The number of carbonyl (C=O) groups is 1. The second kappa shape index (κ2) is 7.14. The Hall–Kier alpha value is -2.30. The lowest BCUT2D eigenvalue weighted by molar-refractivity contribution is 0.100. The maximum atomic E-state index is 13.7. The number of hydrogen-bond donors (Lipinski definition) is 0. The van der Waals surface area contributed by atoms with E-state index in [1.165, 1.54) is 30.0 Å². The summed E-state index contributed by atoms with van der Waals surface area (Å²) in [5, 5.41) is -0.0179. The first-order valence-corrected chi connectivity index (χ1v) is 12.0. The molecule has 2 unspecified atom stereocenters. The Morgan fingerprint density at radius 2 is 1.97 bits per heavy atom. The van der Waals surface area contributed by atoms with Gasteiger partial charge in [-0.15, -0.1) is 0 Å². The molecule has 11 heteroatoms. The van der Waals surface area contributed by atoms with Crippen molar-refractivity contribution in [1.29, 1.82) is 0 Å². The minimum atomic E-state index is -3.22. The summed E-state index contributed by atoms with van der Waals surface area (Å²) in [6.45, 7) is 0.0916. The van der Waals surface area contributed by atoms with Gasteiger partial charge >= 0.3 is 0 Å². The van der Waals surface area contributed by atoms with Gasteiger partial charge in [0.2, 0.25) is 6.79 Å². The maximum Gasteiger partial charge on any atom is 0.279 e. The fourth-order valence-corrected chi connectivity index (χ4v) is 7.77. The van der Waals surface area contributed by atoms with Gasteiger partial charge in [0.15, 0.2) is 26.5 Å². The SMILES string of the molecule is O=C(N=C1SC2CS(=O)(=O)CC2N1c1ccc(F)c(Cl)c1)c1ccc2c(c1)OCO2. The zero-order valence-corrected chi connectivity index (χ0v) is 17.6. The molecule has 1 amide bonds. The number of fused-ring (bicyclic) bond motifs is 2. The van der Waals surface area contributed by atoms with Gasteiger partial charge in [-0.2, -0.15) is 4.99 Å². The molecule has 2 saturated heterocycles. The molecular formula is C19H14ClFN2O5S2. The van der Waals surface area contributed by atoms with Gasteiger partial charge in [0, 0.05) is 16.5 Å². The highest BCUT2D eigenvalue weighted by Crippen LogP contribution is 2.42. The van der Waals surface area contributed by atoms with Gasteiger partial charge in [0.1, 0.15) is 5.82 Å². The largest absolute Gasteiger partial charge is 0.454 e. The molecule has 3 aliphatic rings. The van der Waals surface area contributed by atoms with E-state index in [1.807, 2.05) is 0 Å². The number of rotatable bonds is 2. The summed E-state index contributed by atoms with van der Waals surface area (Å²) >= 11 is 7.16. The minimum absolute atomic E-state index is 0.00893. The Morgan fingerprint density at radius 3 is 2.77 bits per heavy atom. The number of ether oxygens (including phenoxy) is 2. The van der Waals surface area contributed by atoms with Gasteiger partial charge < -0.3 is 14.4 Å². The van der Waals surface area contributed by atoms with E-state index in [4.69, 9.17) is 21.1 Å². The van der Waals surface area contributed by atoms with Crippen LogP contribution in [0.4, 0.5) is 10.1 Å². The van der Waals surface area contributed by atoms with Crippen LogP contribution in [0.2, 0.25) is 5.02 Å². The molecule has 0 radical (unpaired) electrons. The van der Waals surface area contributed by atoms with E-state index in [0.29, 0.717) is 27.9 Å². The molecule has 5 rings (SSSR count). The summed E-state index contributed by atoms with van der Waals surface area (Å²) in [6, 6.07) is 8.47. The Morgan fingerprint density at radius 1 is 1.17 bits per heavy atom. The van der Waals surface area contributed by atoms with Gasteiger partial charge in [0.25, 0.3) is 5.91 Å². The number of benzene rings is 2. The molecule has 7 nitrogen and oxygen atoms in total. The number of hydrogen-bond acceptors (Lipinski definition) is 6. The Labute approximate surface area is 180 Å². The monoisotopic (exact) mass is 468 g/mol. The molecule has 0 N–H and O–H groups in total. The van der Waals surface area contributed by atoms with Crippen LogP contribution in [0, 0.1) is 5.82 Å². The van der Waals surface area contributed by atoms with Gasteiger partial charge in [0.05, 0.1) is 22.6 Å². The summed E-state index contributed by atoms with van der Waals surface area (Å²) in [7, 11) is -3.22. The van der Waals surface area contributed by atoms with Gasteiger partial charge in [-0.25, -0.2) is 12.8 Å². The summed E-state index contributed by atoms with van der Waals surface area (Å²) in [5.74, 6) is -0.154. The van der Waals surface area contributed by atoms with Crippen LogP contribution in [-0.4, -0.2) is 49.1 Å². The highest BCUT2D eigenvalue weighted by molar-refractivity contribution is 8.16. The Kier molecular flexibility index (Phi) is 4.68. The fraction of sp³-hybridized carbons (Fsp3) is 0.263. The number of thioether (sulfide) groups is 1. The lowest BCUT2D eigenvalue weighted by atomic mass is 10.2. The summed E-state index contributed by atoms with van der Waals surface area (Å²) in [6.07, 6.45) is 0. The highest BCUT2D eigenvalue weighted by Gasteiger charge is 2.49. The quantitative estimate of drug-likeness (QED) is 0.669. The third kappa shape index (κ3) is 3.42. The highest BCUT2D eigenvalue weighted by atomic mass is 35.5. The lowest BCUT2D eigenvalue weighted by Crippen LogP contribution is -2.37. The van der Waals surface area contributed by atoms with Crippen LogP contribution in [0.1, 0.15) is 10.4 Å². The predicted octanol–water partition coefficient (Wildman–Crippen LogP) is 3.12. The maximum absolute atomic E-state index is 13.7. The van der Waals surface area contributed by atoms with Crippen LogP contribution in [0.25, 0.3) is 0 Å². The fourth-order valence-electron chi connectivity index (χ4n) is 3.68. The van der Waals surface area contributed by atoms with Crippen molar-refractivity contribution >= 4 is 50.0 Å². The van der Waals surface area contributed by atoms with Crippen molar-refractivity contribution < 1.29 is 27.1 Å². The minimum Gasteiger partial charge on any atom is -0.454 e. The van der Waals surface area contributed by atoms with Crippen LogP contribution in [-0.2, 0) is 9.84 Å². The molecule has 3 aliphatic heterocycles. The average molecular weight is 469 g/mol. The number of halogens is 2. The smallest absolute Gasteiger partial charge is 0.279 e. The normalized spacial score (nSPS) is 25.0. The van der Waals surface area contributed by atoms with Crippen molar-refractivity contribution in [2.24, 2.45) is 4.99 Å². The van der Waals surface area contributed by atoms with Crippen LogP contribution >= 0.6 is 23.4 Å². The third-order valence-corrected chi connectivity index (χ3v) is 8.56. The van der Waals surface area contributed by atoms with Crippen molar-refractivity contribution in [3.8, 4) is 11.5 Å². The topological polar surface area (TPSA) is 85.3 Å². The summed E-state index contributed by atoms with van der Waals surface area (Å²) in [4.78, 5) is 18.7. The number of anilines is 1. The molecule has 0 aromatic heterocycles. The van der Waals surface area contributed by atoms with E-state index < -0.39 is 27.6 Å². The van der Waals surface area contributed by atoms with Crippen LogP contribution in [0.5, 0.6) is 11.5 Å². The van der Waals surface area contributed by atoms with E-state index in [0.717, 1.165) is 0 Å². The Bertz CT molecular complexity index is 1200. The molecule has 0 aliphatic carbocycles. The van der Waals surface area contributed by atoms with E-state index >= 15 is 0 Å². The number of aliphatic imine (C=N–C) groups is 1. The molecule has 0 saturated carbocycles. The summed E-state index contributed by atoms with van der Waals surface area (Å²) < 4.78 is 48.5. The van der Waals surface area contributed by atoms with Crippen molar-refractivity contribution in [3.63, 3.8) is 0 Å². The molecule has 3 heterocycles. The van der Waals surface area contributed by atoms with E-state index in [1.54, 1.807) is 23.1 Å². The van der Waals surface area contributed by atoms with E-state index in [2.05, 4.69) is 4.99 Å². The number of amides is 1.